The predicted octanol–water partition coefficient (Wildman–Crippen LogP) is 2.40. The van der Waals surface area contributed by atoms with Crippen molar-refractivity contribution in [1.82, 2.24) is 15.3 Å². The van der Waals surface area contributed by atoms with Gasteiger partial charge in [-0.3, -0.25) is 9.59 Å². The number of nitrogens with zero attached hydrogens (tertiary/aromatic N) is 2. The molecule has 2 N–H and O–H groups in total. The van der Waals surface area contributed by atoms with Gasteiger partial charge < -0.3 is 10.6 Å². The predicted molar refractivity (Wildman–Crippen MR) is 90.6 cm³/mol. The van der Waals surface area contributed by atoms with Crippen LogP contribution in [0, 0.1) is 0 Å². The van der Waals surface area contributed by atoms with Crippen LogP contribution < -0.4 is 10.6 Å². The van der Waals surface area contributed by atoms with Crippen LogP contribution in [-0.4, -0.2) is 34.1 Å². The molecule has 2 rings (SSSR count). The molecule has 0 fully saturated rings. The molecule has 0 spiro atoms. The first-order valence-electron chi connectivity index (χ1n) is 6.70. The van der Waals surface area contributed by atoms with Crippen molar-refractivity contribution in [3.8, 4) is 0 Å². The zero-order chi connectivity index (χ0) is 15.8. The maximum atomic E-state index is 11.8. The first-order valence-corrected chi connectivity index (χ1v) is 9.45. The average Bonchev–Trinajstić information content (AvgIpc) is 3.11. The van der Waals surface area contributed by atoms with E-state index in [4.69, 9.17) is 0 Å². The quantitative estimate of drug-likeness (QED) is 0.710. The standard InChI is InChI=1S/C13H16N4O2S3/c1-2-20-13-16-9(8-22-13)7-11(19)14-4-3-10(18)17-12-15-5-6-21-12/h5-6,8H,2-4,7H2,1H3,(H,14,19)(H,15,17,18). The van der Waals surface area contributed by atoms with Crippen LogP contribution in [0.4, 0.5) is 5.13 Å². The number of rotatable bonds is 8. The van der Waals surface area contributed by atoms with Crippen molar-refractivity contribution >= 4 is 51.4 Å². The highest BCUT2D eigenvalue weighted by atomic mass is 32.2. The lowest BCUT2D eigenvalue weighted by Crippen LogP contribution is -2.29. The Balaban J connectivity index is 1.65. The van der Waals surface area contributed by atoms with E-state index in [-0.39, 0.29) is 24.7 Å². The molecule has 0 saturated heterocycles. The summed E-state index contributed by atoms with van der Waals surface area (Å²) in [7, 11) is 0. The van der Waals surface area contributed by atoms with Gasteiger partial charge in [0.2, 0.25) is 11.8 Å². The zero-order valence-electron chi connectivity index (χ0n) is 12.0. The second-order valence-corrected chi connectivity index (χ2v) is 7.46. The van der Waals surface area contributed by atoms with Gasteiger partial charge in [0.15, 0.2) is 5.13 Å². The molecular weight excluding hydrogens is 340 g/mol. The van der Waals surface area contributed by atoms with Crippen molar-refractivity contribution in [2.24, 2.45) is 0 Å². The lowest BCUT2D eigenvalue weighted by Gasteiger charge is -2.04. The second-order valence-electron chi connectivity index (χ2n) is 4.20. The molecule has 0 atom stereocenters. The van der Waals surface area contributed by atoms with Crippen molar-refractivity contribution in [2.45, 2.75) is 24.1 Å². The molecule has 118 valence electrons. The second kappa shape index (κ2) is 8.86. The SMILES string of the molecule is CCSc1nc(CC(=O)NCCC(=O)Nc2nccs2)cs1. The Labute approximate surface area is 140 Å². The summed E-state index contributed by atoms with van der Waals surface area (Å²) in [5.41, 5.74) is 0.769. The molecule has 2 heterocycles. The highest BCUT2D eigenvalue weighted by Crippen LogP contribution is 2.22. The van der Waals surface area contributed by atoms with Gasteiger partial charge in [0, 0.05) is 29.9 Å². The number of aromatic nitrogens is 2. The summed E-state index contributed by atoms with van der Waals surface area (Å²) in [4.78, 5) is 31.7. The summed E-state index contributed by atoms with van der Waals surface area (Å²) in [5.74, 6) is 0.679. The Morgan fingerprint density at radius 2 is 2.18 bits per heavy atom. The Kier molecular flexibility index (Phi) is 6.81. The van der Waals surface area contributed by atoms with Gasteiger partial charge >= 0.3 is 0 Å². The van der Waals surface area contributed by atoms with Crippen molar-refractivity contribution in [1.29, 1.82) is 0 Å². The summed E-state index contributed by atoms with van der Waals surface area (Å²) in [6, 6.07) is 0. The molecule has 6 nitrogen and oxygen atoms in total. The molecule has 0 radical (unpaired) electrons. The van der Waals surface area contributed by atoms with Crippen LogP contribution in [0.15, 0.2) is 21.3 Å². The first-order chi connectivity index (χ1) is 10.7. The van der Waals surface area contributed by atoms with E-state index in [2.05, 4.69) is 27.5 Å². The number of hydrogen-bond acceptors (Lipinski definition) is 7. The molecule has 2 aromatic heterocycles. The Hall–Kier alpha value is -1.45. The van der Waals surface area contributed by atoms with Crippen LogP contribution in [0.5, 0.6) is 0 Å². The van der Waals surface area contributed by atoms with E-state index in [9.17, 15) is 9.59 Å². The number of amides is 2. The highest BCUT2D eigenvalue weighted by Gasteiger charge is 2.09. The molecule has 0 aliphatic rings. The maximum Gasteiger partial charge on any atom is 0.227 e. The Morgan fingerprint density at radius 1 is 1.32 bits per heavy atom. The van der Waals surface area contributed by atoms with Gasteiger partial charge in [-0.1, -0.05) is 18.7 Å². The van der Waals surface area contributed by atoms with E-state index in [0.29, 0.717) is 11.7 Å². The molecule has 0 saturated carbocycles. The van der Waals surface area contributed by atoms with Gasteiger partial charge in [-0.15, -0.1) is 22.7 Å². The van der Waals surface area contributed by atoms with E-state index < -0.39 is 0 Å². The average molecular weight is 356 g/mol. The smallest absolute Gasteiger partial charge is 0.227 e. The number of anilines is 1. The molecule has 0 aromatic carbocycles. The minimum absolute atomic E-state index is 0.125. The van der Waals surface area contributed by atoms with Gasteiger partial charge in [-0.25, -0.2) is 9.97 Å². The molecule has 0 unspecified atom stereocenters. The third kappa shape index (κ3) is 5.74. The van der Waals surface area contributed by atoms with Crippen LogP contribution in [0.3, 0.4) is 0 Å². The maximum absolute atomic E-state index is 11.8. The summed E-state index contributed by atoms with van der Waals surface area (Å²) in [6.07, 6.45) is 2.09. The van der Waals surface area contributed by atoms with E-state index in [0.717, 1.165) is 15.8 Å². The molecule has 2 aromatic rings. The molecule has 0 aliphatic carbocycles. The van der Waals surface area contributed by atoms with Gasteiger partial charge in [0.1, 0.15) is 4.34 Å². The van der Waals surface area contributed by atoms with E-state index in [1.54, 1.807) is 34.7 Å². The molecule has 0 bridgehead atoms. The topological polar surface area (TPSA) is 84.0 Å². The van der Waals surface area contributed by atoms with Gasteiger partial charge in [0.25, 0.3) is 0 Å². The number of thioether (sulfide) groups is 1. The van der Waals surface area contributed by atoms with Crippen LogP contribution in [0.25, 0.3) is 0 Å². The number of carbonyl (C=O) groups is 2. The Bertz CT molecular complexity index is 613. The van der Waals surface area contributed by atoms with Crippen molar-refractivity contribution in [3.05, 3.63) is 22.7 Å². The summed E-state index contributed by atoms with van der Waals surface area (Å²) < 4.78 is 0.980. The van der Waals surface area contributed by atoms with E-state index in [1.807, 2.05) is 5.38 Å². The number of nitrogens with one attached hydrogen (secondary N) is 2. The fourth-order valence-electron chi connectivity index (χ4n) is 1.57. The van der Waals surface area contributed by atoms with Crippen LogP contribution >= 0.6 is 34.4 Å². The lowest BCUT2D eigenvalue weighted by atomic mass is 10.3. The Morgan fingerprint density at radius 3 is 2.91 bits per heavy atom. The fourth-order valence-corrected chi connectivity index (χ4v) is 3.86. The minimum atomic E-state index is -0.162. The minimum Gasteiger partial charge on any atom is -0.355 e. The number of thiazole rings is 2. The normalized spacial score (nSPS) is 10.4. The summed E-state index contributed by atoms with van der Waals surface area (Å²) >= 11 is 4.57. The van der Waals surface area contributed by atoms with Gasteiger partial charge in [-0.2, -0.15) is 0 Å². The molecule has 22 heavy (non-hydrogen) atoms. The highest BCUT2D eigenvalue weighted by molar-refractivity contribution is 8.00. The molecular formula is C13H16N4O2S3. The van der Waals surface area contributed by atoms with Crippen molar-refractivity contribution in [3.63, 3.8) is 0 Å². The molecule has 0 aliphatic heterocycles. The first kappa shape index (κ1) is 16.9. The third-order valence-electron chi connectivity index (χ3n) is 2.49. The third-order valence-corrected chi connectivity index (χ3v) is 5.13. The van der Waals surface area contributed by atoms with Crippen molar-refractivity contribution < 1.29 is 9.59 Å². The van der Waals surface area contributed by atoms with E-state index in [1.165, 1.54) is 11.3 Å². The zero-order valence-corrected chi connectivity index (χ0v) is 14.4. The fraction of sp³-hybridized carbons (Fsp3) is 0.385. The molecule has 2 amide bonds. The van der Waals surface area contributed by atoms with Crippen LogP contribution in [-0.2, 0) is 16.0 Å². The lowest BCUT2D eigenvalue weighted by molar-refractivity contribution is -0.120. The van der Waals surface area contributed by atoms with Gasteiger partial charge in [0.05, 0.1) is 12.1 Å². The van der Waals surface area contributed by atoms with Crippen molar-refractivity contribution in [2.75, 3.05) is 17.6 Å². The monoisotopic (exact) mass is 356 g/mol. The van der Waals surface area contributed by atoms with Crippen LogP contribution in [0.1, 0.15) is 19.0 Å². The number of carbonyl (C=O) groups excluding carboxylic acids is 2. The van der Waals surface area contributed by atoms with Crippen LogP contribution in [0.2, 0.25) is 0 Å². The molecule has 9 heteroatoms. The number of hydrogen-bond donors (Lipinski definition) is 2. The van der Waals surface area contributed by atoms with Gasteiger partial charge in [-0.05, 0) is 5.75 Å². The van der Waals surface area contributed by atoms with E-state index >= 15 is 0 Å². The summed E-state index contributed by atoms with van der Waals surface area (Å²) in [6.45, 7) is 2.37. The summed E-state index contributed by atoms with van der Waals surface area (Å²) in [5, 5.41) is 9.64. The largest absolute Gasteiger partial charge is 0.355 e.